The standard InChI is InChI=1S/C11H17NO2S/c1-3-12(4-2)10(7-11(13)14)9-5-6-15-8-9/h5-6,8,10H,3-4,7H2,1-2H3,(H,13,14). The van der Waals surface area contributed by atoms with Crippen molar-refractivity contribution in [1.29, 1.82) is 0 Å². The molecule has 1 rings (SSSR count). The van der Waals surface area contributed by atoms with Gasteiger partial charge in [-0.2, -0.15) is 11.3 Å². The molecule has 15 heavy (non-hydrogen) atoms. The van der Waals surface area contributed by atoms with Gasteiger partial charge in [-0.25, -0.2) is 0 Å². The van der Waals surface area contributed by atoms with Crippen LogP contribution >= 0.6 is 11.3 Å². The Balaban J connectivity index is 2.82. The Kier molecular flexibility index (Phi) is 4.78. The van der Waals surface area contributed by atoms with Gasteiger partial charge in [0.15, 0.2) is 0 Å². The van der Waals surface area contributed by atoms with Crippen LogP contribution in [0, 0.1) is 0 Å². The first kappa shape index (κ1) is 12.2. The Labute approximate surface area is 94.3 Å². The topological polar surface area (TPSA) is 40.5 Å². The lowest BCUT2D eigenvalue weighted by atomic mass is 10.1. The predicted molar refractivity (Wildman–Crippen MR) is 62.2 cm³/mol. The molecule has 1 aromatic rings. The molecule has 0 bridgehead atoms. The fraction of sp³-hybridized carbons (Fsp3) is 0.545. The van der Waals surface area contributed by atoms with Gasteiger partial charge in [0.2, 0.25) is 0 Å². The lowest BCUT2D eigenvalue weighted by Crippen LogP contribution is -2.29. The van der Waals surface area contributed by atoms with Crippen LogP contribution in [0.25, 0.3) is 0 Å². The summed E-state index contributed by atoms with van der Waals surface area (Å²) in [6.45, 7) is 5.88. The quantitative estimate of drug-likeness (QED) is 0.812. The van der Waals surface area contributed by atoms with Gasteiger partial charge in [-0.05, 0) is 35.5 Å². The predicted octanol–water partition coefficient (Wildman–Crippen LogP) is 2.61. The fourth-order valence-corrected chi connectivity index (χ4v) is 2.46. The number of carboxylic acids is 1. The van der Waals surface area contributed by atoms with E-state index in [4.69, 9.17) is 5.11 Å². The normalized spacial score (nSPS) is 13.0. The third-order valence-electron chi connectivity index (χ3n) is 2.55. The molecule has 4 heteroatoms. The molecular weight excluding hydrogens is 210 g/mol. The molecule has 0 amide bonds. The minimum Gasteiger partial charge on any atom is -0.481 e. The summed E-state index contributed by atoms with van der Waals surface area (Å²) in [5, 5.41) is 12.9. The Bertz CT molecular complexity index is 294. The Morgan fingerprint density at radius 1 is 1.53 bits per heavy atom. The third-order valence-corrected chi connectivity index (χ3v) is 3.25. The van der Waals surface area contributed by atoms with E-state index < -0.39 is 5.97 Å². The van der Waals surface area contributed by atoms with E-state index in [1.165, 1.54) is 0 Å². The average molecular weight is 227 g/mol. The Morgan fingerprint density at radius 3 is 2.60 bits per heavy atom. The van der Waals surface area contributed by atoms with Gasteiger partial charge >= 0.3 is 5.97 Å². The highest BCUT2D eigenvalue weighted by molar-refractivity contribution is 7.07. The largest absolute Gasteiger partial charge is 0.481 e. The maximum atomic E-state index is 10.8. The van der Waals surface area contributed by atoms with E-state index >= 15 is 0 Å². The Morgan fingerprint density at radius 2 is 2.20 bits per heavy atom. The van der Waals surface area contributed by atoms with Crippen molar-refractivity contribution in [3.8, 4) is 0 Å². The van der Waals surface area contributed by atoms with Gasteiger partial charge in [-0.1, -0.05) is 13.8 Å². The highest BCUT2D eigenvalue weighted by atomic mass is 32.1. The van der Waals surface area contributed by atoms with Gasteiger partial charge in [0.1, 0.15) is 0 Å². The summed E-state index contributed by atoms with van der Waals surface area (Å²) < 4.78 is 0. The van der Waals surface area contributed by atoms with Gasteiger partial charge in [0, 0.05) is 6.04 Å². The van der Waals surface area contributed by atoms with Crippen LogP contribution in [0.15, 0.2) is 16.8 Å². The van der Waals surface area contributed by atoms with E-state index in [-0.39, 0.29) is 12.5 Å². The molecule has 1 unspecified atom stereocenters. The van der Waals surface area contributed by atoms with Crippen molar-refractivity contribution >= 4 is 17.3 Å². The van der Waals surface area contributed by atoms with Crippen molar-refractivity contribution < 1.29 is 9.90 Å². The number of rotatable bonds is 6. The number of hydrogen-bond acceptors (Lipinski definition) is 3. The average Bonchev–Trinajstić information content (AvgIpc) is 2.70. The van der Waals surface area contributed by atoms with Gasteiger partial charge in [-0.15, -0.1) is 0 Å². The van der Waals surface area contributed by atoms with Crippen LogP contribution < -0.4 is 0 Å². The second-order valence-electron chi connectivity index (χ2n) is 3.39. The molecule has 0 aromatic carbocycles. The van der Waals surface area contributed by atoms with E-state index in [2.05, 4.69) is 18.7 Å². The maximum absolute atomic E-state index is 10.8. The van der Waals surface area contributed by atoms with Gasteiger partial charge < -0.3 is 5.11 Å². The van der Waals surface area contributed by atoms with Crippen LogP contribution in [-0.4, -0.2) is 29.1 Å². The SMILES string of the molecule is CCN(CC)C(CC(=O)O)c1ccsc1. The highest BCUT2D eigenvalue weighted by Crippen LogP contribution is 2.25. The van der Waals surface area contributed by atoms with Crippen molar-refractivity contribution in [2.45, 2.75) is 26.3 Å². The molecule has 1 atom stereocenters. The second kappa shape index (κ2) is 5.88. The lowest BCUT2D eigenvalue weighted by Gasteiger charge is -2.27. The summed E-state index contributed by atoms with van der Waals surface area (Å²) in [5.41, 5.74) is 1.12. The summed E-state index contributed by atoms with van der Waals surface area (Å²) in [5.74, 6) is -0.738. The molecule has 84 valence electrons. The zero-order valence-electron chi connectivity index (χ0n) is 9.14. The van der Waals surface area contributed by atoms with Crippen molar-refractivity contribution in [1.82, 2.24) is 4.90 Å². The first-order valence-corrected chi connectivity index (χ1v) is 6.11. The molecule has 0 fully saturated rings. The van der Waals surface area contributed by atoms with E-state index in [0.717, 1.165) is 18.7 Å². The first-order valence-electron chi connectivity index (χ1n) is 5.17. The van der Waals surface area contributed by atoms with Crippen molar-refractivity contribution in [3.63, 3.8) is 0 Å². The maximum Gasteiger partial charge on any atom is 0.305 e. The molecule has 0 radical (unpaired) electrons. The van der Waals surface area contributed by atoms with E-state index in [9.17, 15) is 4.79 Å². The van der Waals surface area contributed by atoms with Gasteiger partial charge in [-0.3, -0.25) is 9.69 Å². The number of thiophene rings is 1. The third kappa shape index (κ3) is 3.32. The number of carboxylic acid groups (broad SMARTS) is 1. The number of hydrogen-bond donors (Lipinski definition) is 1. The highest BCUT2D eigenvalue weighted by Gasteiger charge is 2.20. The zero-order valence-corrected chi connectivity index (χ0v) is 9.96. The van der Waals surface area contributed by atoms with Crippen LogP contribution in [0.5, 0.6) is 0 Å². The first-order chi connectivity index (χ1) is 7.19. The van der Waals surface area contributed by atoms with E-state index in [1.54, 1.807) is 11.3 Å². The smallest absolute Gasteiger partial charge is 0.305 e. The van der Waals surface area contributed by atoms with Crippen molar-refractivity contribution in [3.05, 3.63) is 22.4 Å². The van der Waals surface area contributed by atoms with Gasteiger partial charge in [0.05, 0.1) is 6.42 Å². The summed E-state index contributed by atoms with van der Waals surface area (Å²) >= 11 is 1.61. The van der Waals surface area contributed by atoms with E-state index in [0.29, 0.717) is 0 Å². The van der Waals surface area contributed by atoms with Crippen LogP contribution in [0.4, 0.5) is 0 Å². The number of aliphatic carboxylic acids is 1. The Hall–Kier alpha value is -0.870. The van der Waals surface area contributed by atoms with Crippen LogP contribution in [0.1, 0.15) is 31.9 Å². The van der Waals surface area contributed by atoms with Crippen molar-refractivity contribution in [2.24, 2.45) is 0 Å². The van der Waals surface area contributed by atoms with E-state index in [1.807, 2.05) is 16.8 Å². The van der Waals surface area contributed by atoms with Crippen LogP contribution in [0.2, 0.25) is 0 Å². The minimum absolute atomic E-state index is 0.0174. The molecule has 0 saturated heterocycles. The second-order valence-corrected chi connectivity index (χ2v) is 4.17. The van der Waals surface area contributed by atoms with Crippen LogP contribution in [0.3, 0.4) is 0 Å². The minimum atomic E-state index is -0.738. The molecule has 1 N–H and O–H groups in total. The molecule has 0 aliphatic heterocycles. The molecule has 3 nitrogen and oxygen atoms in total. The zero-order chi connectivity index (χ0) is 11.3. The monoisotopic (exact) mass is 227 g/mol. The van der Waals surface area contributed by atoms with Crippen LogP contribution in [-0.2, 0) is 4.79 Å². The molecule has 0 spiro atoms. The summed E-state index contributed by atoms with van der Waals surface area (Å²) in [6, 6.07) is 2.03. The summed E-state index contributed by atoms with van der Waals surface area (Å²) in [6.07, 6.45) is 0.179. The molecule has 0 aliphatic carbocycles. The molecule has 0 saturated carbocycles. The summed E-state index contributed by atoms with van der Waals surface area (Å²) in [7, 11) is 0. The molecule has 1 heterocycles. The summed E-state index contributed by atoms with van der Waals surface area (Å²) in [4.78, 5) is 13.0. The lowest BCUT2D eigenvalue weighted by molar-refractivity contribution is -0.138. The van der Waals surface area contributed by atoms with Gasteiger partial charge in [0.25, 0.3) is 0 Å². The molecular formula is C11H17NO2S. The molecule has 0 aliphatic rings. The van der Waals surface area contributed by atoms with Crippen molar-refractivity contribution in [2.75, 3.05) is 13.1 Å². The number of nitrogens with zero attached hydrogens (tertiary/aromatic N) is 1. The fourth-order valence-electron chi connectivity index (χ4n) is 1.75. The molecule has 1 aromatic heterocycles. The number of carbonyl (C=O) groups is 1.